The molecule has 0 bridgehead atoms. The predicted molar refractivity (Wildman–Crippen MR) is 140 cm³/mol. The summed E-state index contributed by atoms with van der Waals surface area (Å²) in [5.41, 5.74) is 5.56. The summed E-state index contributed by atoms with van der Waals surface area (Å²) < 4.78 is 5.39. The van der Waals surface area contributed by atoms with Gasteiger partial charge in [-0.15, -0.1) is 0 Å². The zero-order valence-corrected chi connectivity index (χ0v) is 18.8. The maximum Gasteiger partial charge on any atom is 0.120 e. The van der Waals surface area contributed by atoms with Gasteiger partial charge in [-0.1, -0.05) is 54.6 Å². The van der Waals surface area contributed by atoms with E-state index in [9.17, 15) is 0 Å². The maximum absolute atomic E-state index is 5.39. The van der Waals surface area contributed by atoms with Crippen LogP contribution in [0.3, 0.4) is 0 Å². The van der Waals surface area contributed by atoms with Crippen LogP contribution in [0.15, 0.2) is 121 Å². The molecule has 0 spiro atoms. The van der Waals surface area contributed by atoms with Crippen molar-refractivity contribution < 1.29 is 4.74 Å². The SMILES string of the molecule is COc1cccc(N(C)c2ccc(N(c3ccccc3)c3ccc4ccccc4c3)cc2)c1. The molecule has 0 N–H and O–H groups in total. The molecule has 0 heterocycles. The number of hydrogen-bond donors (Lipinski definition) is 0. The fourth-order valence-corrected chi connectivity index (χ4v) is 4.13. The second kappa shape index (κ2) is 9.09. The average molecular weight is 431 g/mol. The average Bonchev–Trinajstić information content (AvgIpc) is 2.89. The zero-order valence-electron chi connectivity index (χ0n) is 18.8. The van der Waals surface area contributed by atoms with Gasteiger partial charge in [0.05, 0.1) is 7.11 Å². The van der Waals surface area contributed by atoms with E-state index >= 15 is 0 Å². The molecule has 33 heavy (non-hydrogen) atoms. The summed E-state index contributed by atoms with van der Waals surface area (Å²) in [6.07, 6.45) is 0. The van der Waals surface area contributed by atoms with Gasteiger partial charge in [0.1, 0.15) is 5.75 Å². The molecule has 162 valence electrons. The minimum absolute atomic E-state index is 0.850. The number of para-hydroxylation sites is 1. The molecule has 3 nitrogen and oxygen atoms in total. The fourth-order valence-electron chi connectivity index (χ4n) is 4.13. The van der Waals surface area contributed by atoms with Crippen LogP contribution in [0.4, 0.5) is 28.4 Å². The van der Waals surface area contributed by atoms with Gasteiger partial charge < -0.3 is 14.5 Å². The molecule has 5 rings (SSSR count). The number of benzene rings is 5. The standard InChI is InChI=1S/C30H26N2O/c1-31(28-13-8-14-30(22-28)33-2)25-17-19-27(20-18-25)32(26-11-4-3-5-12-26)29-16-15-23-9-6-7-10-24(23)21-29/h3-22H,1-2H3. The van der Waals surface area contributed by atoms with Crippen molar-refractivity contribution in [1.82, 2.24) is 0 Å². The Morgan fingerprint density at radius 1 is 0.485 bits per heavy atom. The first-order chi connectivity index (χ1) is 16.2. The van der Waals surface area contributed by atoms with Gasteiger partial charge in [0, 0.05) is 41.6 Å². The summed E-state index contributed by atoms with van der Waals surface area (Å²) in [4.78, 5) is 4.46. The molecule has 0 amide bonds. The molecule has 0 aromatic heterocycles. The molecule has 3 heteroatoms. The summed E-state index contributed by atoms with van der Waals surface area (Å²) in [5.74, 6) is 0.850. The van der Waals surface area contributed by atoms with Crippen LogP contribution >= 0.6 is 0 Å². The van der Waals surface area contributed by atoms with Gasteiger partial charge in [-0.05, 0) is 71.4 Å². The van der Waals surface area contributed by atoms with Gasteiger partial charge in [0.2, 0.25) is 0 Å². The highest BCUT2D eigenvalue weighted by atomic mass is 16.5. The normalized spacial score (nSPS) is 10.7. The van der Waals surface area contributed by atoms with Crippen LogP contribution < -0.4 is 14.5 Å². The minimum Gasteiger partial charge on any atom is -0.497 e. The van der Waals surface area contributed by atoms with Gasteiger partial charge in [-0.2, -0.15) is 0 Å². The smallest absolute Gasteiger partial charge is 0.120 e. The van der Waals surface area contributed by atoms with Crippen molar-refractivity contribution in [2.24, 2.45) is 0 Å². The Kier molecular flexibility index (Phi) is 5.69. The van der Waals surface area contributed by atoms with Gasteiger partial charge >= 0.3 is 0 Å². The highest BCUT2D eigenvalue weighted by Crippen LogP contribution is 2.37. The second-order valence-electron chi connectivity index (χ2n) is 7.98. The quantitative estimate of drug-likeness (QED) is 0.271. The lowest BCUT2D eigenvalue weighted by Crippen LogP contribution is -2.12. The summed E-state index contributed by atoms with van der Waals surface area (Å²) >= 11 is 0. The number of ether oxygens (including phenoxy) is 1. The fraction of sp³-hybridized carbons (Fsp3) is 0.0667. The predicted octanol–water partition coefficient (Wildman–Crippen LogP) is 8.09. The Balaban J connectivity index is 1.53. The molecule has 0 aliphatic carbocycles. The van der Waals surface area contributed by atoms with E-state index in [-0.39, 0.29) is 0 Å². The van der Waals surface area contributed by atoms with Crippen LogP contribution in [-0.2, 0) is 0 Å². The first-order valence-electron chi connectivity index (χ1n) is 11.0. The lowest BCUT2D eigenvalue weighted by atomic mass is 10.1. The Morgan fingerprint density at radius 3 is 1.85 bits per heavy atom. The van der Waals surface area contributed by atoms with E-state index in [1.54, 1.807) is 7.11 Å². The summed E-state index contributed by atoms with van der Waals surface area (Å²) in [5, 5.41) is 2.47. The number of nitrogens with zero attached hydrogens (tertiary/aromatic N) is 2. The lowest BCUT2D eigenvalue weighted by molar-refractivity contribution is 0.415. The first-order valence-corrected chi connectivity index (χ1v) is 11.0. The van der Waals surface area contributed by atoms with E-state index in [0.29, 0.717) is 0 Å². The third-order valence-corrected chi connectivity index (χ3v) is 5.94. The molecule has 0 atom stereocenters. The molecule has 5 aromatic rings. The highest BCUT2D eigenvalue weighted by Gasteiger charge is 2.14. The minimum atomic E-state index is 0.850. The van der Waals surface area contributed by atoms with Crippen LogP contribution in [0, 0.1) is 0 Å². The summed E-state index contributed by atoms with van der Waals surface area (Å²) in [6, 6.07) is 42.3. The van der Waals surface area contributed by atoms with Crippen molar-refractivity contribution in [2.75, 3.05) is 24.0 Å². The van der Waals surface area contributed by atoms with Crippen LogP contribution in [-0.4, -0.2) is 14.2 Å². The topological polar surface area (TPSA) is 15.7 Å². The van der Waals surface area contributed by atoms with E-state index in [1.807, 2.05) is 24.3 Å². The van der Waals surface area contributed by atoms with E-state index < -0.39 is 0 Å². The van der Waals surface area contributed by atoms with E-state index in [2.05, 4.69) is 114 Å². The molecule has 0 fully saturated rings. The number of rotatable bonds is 6. The van der Waals surface area contributed by atoms with Gasteiger partial charge in [0.25, 0.3) is 0 Å². The van der Waals surface area contributed by atoms with Crippen LogP contribution in [0.2, 0.25) is 0 Å². The van der Waals surface area contributed by atoms with Crippen LogP contribution in [0.1, 0.15) is 0 Å². The van der Waals surface area contributed by atoms with Gasteiger partial charge in [-0.25, -0.2) is 0 Å². The Bertz CT molecular complexity index is 1360. The Hall–Kier alpha value is -4.24. The molecule has 5 aromatic carbocycles. The molecular formula is C30H26N2O. The maximum atomic E-state index is 5.39. The number of hydrogen-bond acceptors (Lipinski definition) is 3. The highest BCUT2D eigenvalue weighted by molar-refractivity contribution is 5.89. The molecule has 0 aliphatic rings. The Morgan fingerprint density at radius 2 is 1.09 bits per heavy atom. The summed E-state index contributed by atoms with van der Waals surface area (Å²) in [6.45, 7) is 0. The molecule has 0 unspecified atom stereocenters. The molecule has 0 radical (unpaired) electrons. The number of anilines is 5. The Labute approximate surface area is 195 Å². The van der Waals surface area contributed by atoms with Gasteiger partial charge in [-0.3, -0.25) is 0 Å². The van der Waals surface area contributed by atoms with Crippen molar-refractivity contribution >= 4 is 39.2 Å². The van der Waals surface area contributed by atoms with Crippen molar-refractivity contribution in [3.63, 3.8) is 0 Å². The first kappa shape index (κ1) is 20.7. The monoisotopic (exact) mass is 430 g/mol. The van der Waals surface area contributed by atoms with Gasteiger partial charge in [0.15, 0.2) is 0 Å². The van der Waals surface area contributed by atoms with Crippen molar-refractivity contribution in [3.05, 3.63) is 121 Å². The third kappa shape index (κ3) is 4.26. The van der Waals surface area contributed by atoms with Crippen LogP contribution in [0.5, 0.6) is 5.75 Å². The third-order valence-electron chi connectivity index (χ3n) is 5.94. The molecule has 0 aliphatic heterocycles. The largest absolute Gasteiger partial charge is 0.497 e. The van der Waals surface area contributed by atoms with Crippen molar-refractivity contribution in [3.8, 4) is 5.75 Å². The molecular weight excluding hydrogens is 404 g/mol. The molecule has 0 saturated heterocycles. The second-order valence-corrected chi connectivity index (χ2v) is 7.98. The number of fused-ring (bicyclic) bond motifs is 1. The van der Waals surface area contributed by atoms with E-state index in [1.165, 1.54) is 10.8 Å². The van der Waals surface area contributed by atoms with Crippen molar-refractivity contribution in [2.45, 2.75) is 0 Å². The lowest BCUT2D eigenvalue weighted by Gasteiger charge is -2.27. The zero-order chi connectivity index (χ0) is 22.6. The van der Waals surface area contributed by atoms with E-state index in [0.717, 1.165) is 34.2 Å². The van der Waals surface area contributed by atoms with Crippen LogP contribution in [0.25, 0.3) is 10.8 Å². The number of methoxy groups -OCH3 is 1. The summed E-state index contributed by atoms with van der Waals surface area (Å²) in [7, 11) is 3.76. The van der Waals surface area contributed by atoms with Crippen molar-refractivity contribution in [1.29, 1.82) is 0 Å². The molecule has 0 saturated carbocycles. The van der Waals surface area contributed by atoms with E-state index in [4.69, 9.17) is 4.74 Å².